The highest BCUT2D eigenvalue weighted by atomic mass is 16.5. The first-order chi connectivity index (χ1) is 6.18. The van der Waals surface area contributed by atoms with E-state index in [0.29, 0.717) is 25.2 Å². The second-order valence-corrected chi connectivity index (χ2v) is 4.14. The van der Waals surface area contributed by atoms with Gasteiger partial charge in [-0.2, -0.15) is 0 Å². The maximum Gasteiger partial charge on any atom is 0.227 e. The summed E-state index contributed by atoms with van der Waals surface area (Å²) < 4.78 is 5.13. The first kappa shape index (κ1) is 8.97. The quantitative estimate of drug-likeness (QED) is 0.607. The number of amides is 1. The van der Waals surface area contributed by atoms with Crippen LogP contribution in [0.3, 0.4) is 0 Å². The molecule has 0 spiro atoms. The number of rotatable bonds is 2. The van der Waals surface area contributed by atoms with Crippen molar-refractivity contribution in [3.8, 4) is 0 Å². The van der Waals surface area contributed by atoms with E-state index in [0.717, 1.165) is 6.42 Å². The Kier molecular flexibility index (Phi) is 2.26. The Hall–Kier alpha value is -0.610. The highest BCUT2D eigenvalue weighted by Crippen LogP contribution is 2.29. The zero-order valence-corrected chi connectivity index (χ0v) is 7.82. The molecule has 2 aliphatic rings. The molecule has 13 heavy (non-hydrogen) atoms. The topological polar surface area (TPSA) is 64.3 Å². The fourth-order valence-corrected chi connectivity index (χ4v) is 1.65. The molecule has 0 radical (unpaired) electrons. The van der Waals surface area contributed by atoms with Crippen LogP contribution in [0.1, 0.15) is 13.3 Å². The van der Waals surface area contributed by atoms with Crippen LogP contribution in [-0.2, 0) is 9.53 Å². The molecule has 0 aromatic carbocycles. The van der Waals surface area contributed by atoms with E-state index in [-0.39, 0.29) is 17.9 Å². The van der Waals surface area contributed by atoms with Crippen molar-refractivity contribution in [2.24, 2.45) is 17.6 Å². The molecular formula is C9H16N2O2. The Bertz CT molecular complexity index is 220. The molecule has 1 saturated carbocycles. The lowest BCUT2D eigenvalue weighted by Gasteiger charge is -2.12. The van der Waals surface area contributed by atoms with Gasteiger partial charge in [0.1, 0.15) is 0 Å². The summed E-state index contributed by atoms with van der Waals surface area (Å²) >= 11 is 0. The van der Waals surface area contributed by atoms with Crippen molar-refractivity contribution in [1.29, 1.82) is 0 Å². The van der Waals surface area contributed by atoms with Gasteiger partial charge in [0.15, 0.2) is 0 Å². The van der Waals surface area contributed by atoms with Crippen molar-refractivity contribution in [2.45, 2.75) is 25.4 Å². The molecule has 1 aliphatic carbocycles. The van der Waals surface area contributed by atoms with Gasteiger partial charge in [-0.05, 0) is 12.3 Å². The van der Waals surface area contributed by atoms with E-state index in [2.05, 4.69) is 12.2 Å². The van der Waals surface area contributed by atoms with Crippen molar-refractivity contribution < 1.29 is 9.53 Å². The van der Waals surface area contributed by atoms with Crippen LogP contribution >= 0.6 is 0 Å². The average molecular weight is 184 g/mol. The maximum absolute atomic E-state index is 11.6. The van der Waals surface area contributed by atoms with Gasteiger partial charge in [-0.1, -0.05) is 6.92 Å². The molecule has 0 aromatic rings. The van der Waals surface area contributed by atoms with E-state index in [9.17, 15) is 4.79 Å². The summed E-state index contributed by atoms with van der Waals surface area (Å²) in [6, 6.07) is 0.273. The van der Waals surface area contributed by atoms with Crippen LogP contribution < -0.4 is 11.1 Å². The Morgan fingerprint density at radius 1 is 1.54 bits per heavy atom. The predicted molar refractivity (Wildman–Crippen MR) is 48.0 cm³/mol. The third-order valence-electron chi connectivity index (χ3n) is 2.90. The lowest BCUT2D eigenvalue weighted by Crippen LogP contribution is -2.42. The molecule has 0 bridgehead atoms. The number of hydrogen-bond donors (Lipinski definition) is 2. The van der Waals surface area contributed by atoms with Crippen LogP contribution in [0.5, 0.6) is 0 Å². The van der Waals surface area contributed by atoms with E-state index in [4.69, 9.17) is 10.5 Å². The van der Waals surface area contributed by atoms with Gasteiger partial charge in [-0.15, -0.1) is 0 Å². The summed E-state index contributed by atoms with van der Waals surface area (Å²) in [5.74, 6) is 0.578. The monoisotopic (exact) mass is 184 g/mol. The molecule has 0 aromatic heterocycles. The molecular weight excluding hydrogens is 168 g/mol. The molecule has 2 rings (SSSR count). The second kappa shape index (κ2) is 3.27. The van der Waals surface area contributed by atoms with Gasteiger partial charge in [0.25, 0.3) is 0 Å². The van der Waals surface area contributed by atoms with E-state index in [1.54, 1.807) is 0 Å². The minimum absolute atomic E-state index is 0.0688. The van der Waals surface area contributed by atoms with Crippen molar-refractivity contribution in [3.05, 3.63) is 0 Å². The van der Waals surface area contributed by atoms with E-state index >= 15 is 0 Å². The molecule has 4 atom stereocenters. The Morgan fingerprint density at radius 2 is 2.23 bits per heavy atom. The Morgan fingerprint density at radius 3 is 2.69 bits per heavy atom. The fraction of sp³-hybridized carbons (Fsp3) is 0.889. The molecule has 1 heterocycles. The first-order valence-corrected chi connectivity index (χ1v) is 4.82. The van der Waals surface area contributed by atoms with Gasteiger partial charge in [0, 0.05) is 12.1 Å². The SMILES string of the molecule is CC1CC1NC(=O)C1COCC1N. The van der Waals surface area contributed by atoms with Crippen LogP contribution in [0.15, 0.2) is 0 Å². The summed E-state index contributed by atoms with van der Waals surface area (Å²) in [4.78, 5) is 11.6. The molecule has 1 aliphatic heterocycles. The van der Waals surface area contributed by atoms with Crippen molar-refractivity contribution in [3.63, 3.8) is 0 Å². The Balaban J connectivity index is 1.82. The number of carbonyl (C=O) groups is 1. The zero-order chi connectivity index (χ0) is 9.42. The molecule has 74 valence electrons. The number of carbonyl (C=O) groups excluding carboxylic acids is 1. The van der Waals surface area contributed by atoms with Crippen LogP contribution in [0, 0.1) is 11.8 Å². The van der Waals surface area contributed by atoms with Crippen LogP contribution in [0.4, 0.5) is 0 Å². The third kappa shape index (κ3) is 1.84. The van der Waals surface area contributed by atoms with Gasteiger partial charge < -0.3 is 15.8 Å². The molecule has 2 fully saturated rings. The molecule has 4 unspecified atom stereocenters. The maximum atomic E-state index is 11.6. The van der Waals surface area contributed by atoms with Crippen LogP contribution in [0.25, 0.3) is 0 Å². The van der Waals surface area contributed by atoms with Gasteiger partial charge in [0.05, 0.1) is 19.1 Å². The van der Waals surface area contributed by atoms with Crippen molar-refractivity contribution in [1.82, 2.24) is 5.32 Å². The van der Waals surface area contributed by atoms with Gasteiger partial charge in [-0.3, -0.25) is 4.79 Å². The number of nitrogens with one attached hydrogen (secondary N) is 1. The average Bonchev–Trinajstić information content (AvgIpc) is 2.62. The zero-order valence-electron chi connectivity index (χ0n) is 7.82. The second-order valence-electron chi connectivity index (χ2n) is 4.14. The largest absolute Gasteiger partial charge is 0.379 e. The van der Waals surface area contributed by atoms with Crippen molar-refractivity contribution in [2.75, 3.05) is 13.2 Å². The molecule has 4 heteroatoms. The van der Waals surface area contributed by atoms with Crippen LogP contribution in [-0.4, -0.2) is 31.2 Å². The summed E-state index contributed by atoms with van der Waals surface area (Å²) in [6.45, 7) is 3.13. The normalized spacial score (nSPS) is 43.2. The van der Waals surface area contributed by atoms with Crippen molar-refractivity contribution >= 4 is 5.91 Å². The minimum atomic E-state index is -0.132. The highest BCUT2D eigenvalue weighted by molar-refractivity contribution is 5.80. The van der Waals surface area contributed by atoms with Gasteiger partial charge >= 0.3 is 0 Å². The first-order valence-electron chi connectivity index (χ1n) is 4.82. The summed E-state index contributed by atoms with van der Waals surface area (Å²) in [5, 5.41) is 2.98. The minimum Gasteiger partial charge on any atom is -0.379 e. The van der Waals surface area contributed by atoms with Gasteiger partial charge in [0.2, 0.25) is 5.91 Å². The molecule has 1 amide bonds. The summed E-state index contributed by atoms with van der Waals surface area (Å²) in [6.07, 6.45) is 1.11. The third-order valence-corrected chi connectivity index (χ3v) is 2.90. The predicted octanol–water partition coefficient (Wildman–Crippen LogP) is -0.515. The standard InChI is InChI=1S/C9H16N2O2/c1-5-2-8(5)11-9(12)6-3-13-4-7(6)10/h5-8H,2-4,10H2,1H3,(H,11,12). The Labute approximate surface area is 77.8 Å². The van der Waals surface area contributed by atoms with E-state index in [1.165, 1.54) is 0 Å². The highest BCUT2D eigenvalue weighted by Gasteiger charge is 2.38. The van der Waals surface area contributed by atoms with Gasteiger partial charge in [-0.25, -0.2) is 0 Å². The molecule has 1 saturated heterocycles. The number of nitrogens with two attached hydrogens (primary N) is 1. The number of ether oxygens (including phenoxy) is 1. The summed E-state index contributed by atoms with van der Waals surface area (Å²) in [7, 11) is 0. The lowest BCUT2D eigenvalue weighted by molar-refractivity contribution is -0.125. The lowest BCUT2D eigenvalue weighted by atomic mass is 10.0. The molecule has 3 N–H and O–H groups in total. The van der Waals surface area contributed by atoms with E-state index in [1.807, 2.05) is 0 Å². The van der Waals surface area contributed by atoms with E-state index < -0.39 is 0 Å². The fourth-order valence-electron chi connectivity index (χ4n) is 1.65. The molecule has 4 nitrogen and oxygen atoms in total. The van der Waals surface area contributed by atoms with Crippen LogP contribution in [0.2, 0.25) is 0 Å². The summed E-state index contributed by atoms with van der Waals surface area (Å²) in [5.41, 5.74) is 5.72. The smallest absolute Gasteiger partial charge is 0.227 e. The number of hydrogen-bond acceptors (Lipinski definition) is 3.